The van der Waals surface area contributed by atoms with Gasteiger partial charge in [0.15, 0.2) is 0 Å². The van der Waals surface area contributed by atoms with Gasteiger partial charge in [-0.05, 0) is 78.2 Å². The van der Waals surface area contributed by atoms with Crippen molar-refractivity contribution in [1.82, 2.24) is 19.4 Å². The quantitative estimate of drug-likeness (QED) is 0.346. The van der Waals surface area contributed by atoms with Crippen molar-refractivity contribution in [2.75, 3.05) is 14.1 Å². The molecular formula is C28H34ClFN4O5. The predicted octanol–water partition coefficient (Wildman–Crippen LogP) is 5.94. The number of benzene rings is 2. The Morgan fingerprint density at radius 1 is 1.15 bits per heavy atom. The Hall–Kier alpha value is -3.63. The molecule has 2 aromatic carbocycles. The number of nitrogens with zero attached hydrogens (tertiary/aromatic N) is 4. The summed E-state index contributed by atoms with van der Waals surface area (Å²) in [6.45, 7) is 6.57. The van der Waals surface area contributed by atoms with E-state index >= 15 is 4.39 Å². The van der Waals surface area contributed by atoms with Gasteiger partial charge in [-0.1, -0.05) is 11.6 Å². The molecule has 1 aromatic heterocycles. The summed E-state index contributed by atoms with van der Waals surface area (Å²) in [6.07, 6.45) is 0.903. The zero-order valence-corrected chi connectivity index (χ0v) is 23.9. The molecule has 0 spiro atoms. The van der Waals surface area contributed by atoms with E-state index in [1.807, 2.05) is 42.7 Å². The van der Waals surface area contributed by atoms with E-state index in [0.29, 0.717) is 12.3 Å². The summed E-state index contributed by atoms with van der Waals surface area (Å²) in [6, 6.07) is 8.36. The Morgan fingerprint density at radius 2 is 1.79 bits per heavy atom. The standard InChI is InChI=1S/C28H34ClFN4O5/c1-17(26(35)36)34(27(37)39-28(2,3)4)15-21-22(30)12-19(29)13-24(21)38-20-10-8-18(9-11-20)23-14-31-25(33(23)7)16-32(5)6/h8-14,17H,15-16H2,1-7H3,(H,35,36). The molecule has 0 aliphatic heterocycles. The molecule has 3 aromatic rings. The van der Waals surface area contributed by atoms with Crippen LogP contribution in [0.15, 0.2) is 42.6 Å². The van der Waals surface area contributed by atoms with Crippen LogP contribution in [0, 0.1) is 5.82 Å². The lowest BCUT2D eigenvalue weighted by atomic mass is 10.1. The number of hydrogen-bond donors (Lipinski definition) is 1. The number of halogens is 2. The minimum Gasteiger partial charge on any atom is -0.480 e. The van der Waals surface area contributed by atoms with Gasteiger partial charge >= 0.3 is 12.1 Å². The van der Waals surface area contributed by atoms with Crippen LogP contribution in [-0.4, -0.2) is 62.3 Å². The Labute approximate surface area is 232 Å². The topological polar surface area (TPSA) is 97.1 Å². The van der Waals surface area contributed by atoms with Gasteiger partial charge in [-0.25, -0.2) is 19.0 Å². The van der Waals surface area contributed by atoms with E-state index in [1.165, 1.54) is 13.0 Å². The van der Waals surface area contributed by atoms with Crippen molar-refractivity contribution < 1.29 is 28.6 Å². The fraction of sp³-hybridized carbons (Fsp3) is 0.393. The number of rotatable bonds is 9. The van der Waals surface area contributed by atoms with Crippen LogP contribution >= 0.6 is 11.6 Å². The van der Waals surface area contributed by atoms with Crippen molar-refractivity contribution in [3.05, 3.63) is 64.8 Å². The third-order valence-corrected chi connectivity index (χ3v) is 6.04. The molecular weight excluding hydrogens is 527 g/mol. The summed E-state index contributed by atoms with van der Waals surface area (Å²) in [5.41, 5.74) is 0.908. The molecule has 0 saturated heterocycles. The average molecular weight is 561 g/mol. The molecule has 9 nitrogen and oxygen atoms in total. The van der Waals surface area contributed by atoms with Gasteiger partial charge in [0, 0.05) is 17.6 Å². The first-order chi connectivity index (χ1) is 18.2. The van der Waals surface area contributed by atoms with Gasteiger partial charge in [0.25, 0.3) is 0 Å². The molecule has 0 aliphatic rings. The summed E-state index contributed by atoms with van der Waals surface area (Å²) in [7, 11) is 5.89. The first-order valence-corrected chi connectivity index (χ1v) is 12.7. The zero-order valence-electron chi connectivity index (χ0n) is 23.2. The number of carbonyl (C=O) groups is 2. The number of carbonyl (C=O) groups excluding carboxylic acids is 1. The molecule has 39 heavy (non-hydrogen) atoms. The van der Waals surface area contributed by atoms with Gasteiger partial charge in [-0.15, -0.1) is 0 Å². The van der Waals surface area contributed by atoms with Crippen LogP contribution in [0.5, 0.6) is 11.5 Å². The highest BCUT2D eigenvalue weighted by atomic mass is 35.5. The SMILES string of the molecule is CC(C(=O)O)N(Cc1c(F)cc(Cl)cc1Oc1ccc(-c2cnc(CN(C)C)n2C)cc1)C(=O)OC(C)(C)C. The van der Waals surface area contributed by atoms with Crippen LogP contribution in [0.25, 0.3) is 11.3 Å². The van der Waals surface area contributed by atoms with Crippen LogP contribution in [0.4, 0.5) is 9.18 Å². The number of aromatic nitrogens is 2. The van der Waals surface area contributed by atoms with Gasteiger partial charge in [0.2, 0.25) is 0 Å². The Kier molecular flexibility index (Phi) is 9.24. The minimum atomic E-state index is -1.29. The molecule has 1 heterocycles. The second-order valence-electron chi connectivity index (χ2n) is 10.5. The maximum atomic E-state index is 15.2. The molecule has 1 N–H and O–H groups in total. The summed E-state index contributed by atoms with van der Waals surface area (Å²) in [5, 5.41) is 9.66. The maximum Gasteiger partial charge on any atom is 0.411 e. The summed E-state index contributed by atoms with van der Waals surface area (Å²) < 4.78 is 28.5. The van der Waals surface area contributed by atoms with Gasteiger partial charge in [0.05, 0.1) is 30.5 Å². The van der Waals surface area contributed by atoms with E-state index in [0.717, 1.165) is 28.0 Å². The normalized spacial score (nSPS) is 12.4. The fourth-order valence-corrected chi connectivity index (χ4v) is 3.97. The molecule has 0 aliphatic carbocycles. The van der Waals surface area contributed by atoms with Crippen LogP contribution < -0.4 is 4.74 Å². The number of carboxylic acids is 1. The van der Waals surface area contributed by atoms with Crippen molar-refractivity contribution in [2.24, 2.45) is 7.05 Å². The van der Waals surface area contributed by atoms with Gasteiger partial charge < -0.3 is 24.0 Å². The second-order valence-corrected chi connectivity index (χ2v) is 10.9. The summed E-state index contributed by atoms with van der Waals surface area (Å²) in [4.78, 5) is 32.1. The number of hydrogen-bond acceptors (Lipinski definition) is 6. The number of carboxylic acid groups (broad SMARTS) is 1. The summed E-state index contributed by atoms with van der Waals surface area (Å²) in [5.74, 6) is -0.652. The third-order valence-electron chi connectivity index (χ3n) is 5.82. The first-order valence-electron chi connectivity index (χ1n) is 12.3. The smallest absolute Gasteiger partial charge is 0.411 e. The highest BCUT2D eigenvalue weighted by Crippen LogP contribution is 2.33. The van der Waals surface area contributed by atoms with Crippen LogP contribution in [-0.2, 0) is 29.7 Å². The first kappa shape index (κ1) is 29.9. The van der Waals surface area contributed by atoms with Gasteiger partial charge in [-0.2, -0.15) is 0 Å². The maximum absolute atomic E-state index is 15.2. The Balaban J connectivity index is 1.91. The fourth-order valence-electron chi connectivity index (χ4n) is 3.77. The molecule has 210 valence electrons. The van der Waals surface area contributed by atoms with Gasteiger partial charge in [0.1, 0.15) is 34.8 Å². The van der Waals surface area contributed by atoms with Gasteiger partial charge in [-0.3, -0.25) is 4.90 Å². The zero-order chi connectivity index (χ0) is 29.1. The minimum absolute atomic E-state index is 0.0394. The van der Waals surface area contributed by atoms with Crippen molar-refractivity contribution >= 4 is 23.7 Å². The lowest BCUT2D eigenvalue weighted by molar-refractivity contribution is -0.142. The molecule has 3 rings (SSSR count). The molecule has 0 fully saturated rings. The average Bonchev–Trinajstić information content (AvgIpc) is 3.16. The number of aliphatic carboxylic acids is 1. The van der Waals surface area contributed by atoms with Crippen LogP contribution in [0.3, 0.4) is 0 Å². The van der Waals surface area contributed by atoms with E-state index in [2.05, 4.69) is 4.98 Å². The van der Waals surface area contributed by atoms with Crippen LogP contribution in [0.2, 0.25) is 5.02 Å². The molecule has 1 unspecified atom stereocenters. The third kappa shape index (κ3) is 7.70. The molecule has 11 heteroatoms. The Bertz CT molecular complexity index is 1330. The van der Waals surface area contributed by atoms with E-state index < -0.39 is 36.1 Å². The lowest BCUT2D eigenvalue weighted by Gasteiger charge is -2.30. The highest BCUT2D eigenvalue weighted by Gasteiger charge is 2.32. The van der Waals surface area contributed by atoms with Crippen molar-refractivity contribution in [3.63, 3.8) is 0 Å². The predicted molar refractivity (Wildman–Crippen MR) is 146 cm³/mol. The van der Waals surface area contributed by atoms with Crippen molar-refractivity contribution in [2.45, 2.75) is 52.4 Å². The monoisotopic (exact) mass is 560 g/mol. The molecule has 1 amide bonds. The summed E-state index contributed by atoms with van der Waals surface area (Å²) >= 11 is 6.12. The van der Waals surface area contributed by atoms with Crippen molar-refractivity contribution in [3.8, 4) is 22.8 Å². The molecule has 0 saturated carbocycles. The molecule has 0 bridgehead atoms. The largest absolute Gasteiger partial charge is 0.480 e. The van der Waals surface area contributed by atoms with E-state index in [4.69, 9.17) is 21.1 Å². The van der Waals surface area contributed by atoms with E-state index in [1.54, 1.807) is 39.1 Å². The second kappa shape index (κ2) is 12.0. The Morgan fingerprint density at radius 3 is 2.36 bits per heavy atom. The molecule has 0 radical (unpaired) electrons. The highest BCUT2D eigenvalue weighted by molar-refractivity contribution is 6.30. The van der Waals surface area contributed by atoms with Crippen LogP contribution in [0.1, 0.15) is 39.1 Å². The lowest BCUT2D eigenvalue weighted by Crippen LogP contribution is -2.45. The number of amides is 1. The van der Waals surface area contributed by atoms with Crippen molar-refractivity contribution in [1.29, 1.82) is 0 Å². The number of ether oxygens (including phenoxy) is 2. The van der Waals surface area contributed by atoms with E-state index in [-0.39, 0.29) is 16.3 Å². The van der Waals surface area contributed by atoms with E-state index in [9.17, 15) is 14.7 Å². The molecule has 1 atom stereocenters. The number of imidazole rings is 1.